The quantitative estimate of drug-likeness (QED) is 0.136. The molecule has 5 heteroatoms. The number of benzene rings is 18. The Bertz CT molecular complexity index is 5600. The highest BCUT2D eigenvalue weighted by atomic mass is 79.9. The molecule has 0 aromatic heterocycles. The molecule has 0 atom stereocenters. The third-order valence-corrected chi connectivity index (χ3v) is 19.4. The summed E-state index contributed by atoms with van der Waals surface area (Å²) in [6.07, 6.45) is 0. The van der Waals surface area contributed by atoms with Crippen LogP contribution in [0.3, 0.4) is 0 Å². The SMILES string of the molecule is Brc1c2ccccc2c(-c2ccc3ccccc3c2)c2ccccc12.Brc1c2ccccc2cc2ccccc12.OB(O)c1c2ccccc2c(-c2ccc3ccccc3c2)c2ccccc12.c1ccc2cc(-c3c4ccccc4cc4ccccc34)ccc2c1. The Morgan fingerprint density at radius 3 is 0.736 bits per heavy atom. The van der Waals surface area contributed by atoms with Crippen LogP contribution in [0.25, 0.3) is 152 Å². The third-order valence-electron chi connectivity index (χ3n) is 17.7. The van der Waals surface area contributed by atoms with Crippen LogP contribution >= 0.6 is 31.9 Å². The highest BCUT2D eigenvalue weighted by molar-refractivity contribution is 9.11. The summed E-state index contributed by atoms with van der Waals surface area (Å²) in [5, 5.41) is 46.8. The number of hydrogen-bond donors (Lipinski definition) is 2. The Morgan fingerprint density at radius 1 is 0.187 bits per heavy atom. The molecule has 430 valence electrons. The molecule has 0 radical (unpaired) electrons. The molecule has 0 fully saturated rings. The lowest BCUT2D eigenvalue weighted by molar-refractivity contribution is 0.426. The van der Waals surface area contributed by atoms with Crippen LogP contribution in [0.4, 0.5) is 0 Å². The fraction of sp³-hybridized carbons (Fsp3) is 0. The van der Waals surface area contributed by atoms with Crippen LogP contribution in [0.2, 0.25) is 0 Å². The molecule has 0 unspecified atom stereocenters. The number of hydrogen-bond acceptors (Lipinski definition) is 2. The average Bonchev–Trinajstić information content (AvgIpc) is 0.951. The van der Waals surface area contributed by atoms with E-state index >= 15 is 0 Å². The summed E-state index contributed by atoms with van der Waals surface area (Å²) in [7, 11) is -1.52. The molecule has 0 amide bonds. The van der Waals surface area contributed by atoms with Crippen molar-refractivity contribution >= 4 is 163 Å². The standard InChI is InChI=1S/C24H17BO2.C24H15Br.C24H16.C14H9Br/c26-25(27)24-21-11-5-3-9-19(21)23(20-10-4-6-12-22(20)24)18-14-13-16-7-1-2-8-17(16)15-18;25-24-21-11-5-3-9-19(21)23(20-10-4-6-12-22(20)24)18-14-13-16-7-1-2-8-17(16)15-18;1-2-8-18-15-21(14-13-17(18)7-1)24-22-11-5-3-9-19(22)16-20-10-4-6-12-23(20)24;15-14-12-7-3-1-5-10(12)9-11-6-2-4-8-13(11)14/h1-15,26-27H;1-15H;1-16H;1-9H. The van der Waals surface area contributed by atoms with Gasteiger partial charge in [-0.25, -0.2) is 0 Å². The van der Waals surface area contributed by atoms with E-state index in [1.165, 1.54) is 128 Å². The maximum atomic E-state index is 10.1. The molecule has 0 saturated heterocycles. The minimum absolute atomic E-state index is 0.561. The first-order chi connectivity index (χ1) is 44.8. The topological polar surface area (TPSA) is 40.5 Å². The second-order valence-corrected chi connectivity index (χ2v) is 24.6. The van der Waals surface area contributed by atoms with E-state index in [1.54, 1.807) is 0 Å². The first kappa shape index (κ1) is 57.2. The van der Waals surface area contributed by atoms with Gasteiger partial charge in [0.1, 0.15) is 0 Å². The van der Waals surface area contributed by atoms with E-state index in [4.69, 9.17) is 0 Å². The summed E-state index contributed by atoms with van der Waals surface area (Å²) in [5.74, 6) is 0. The third kappa shape index (κ3) is 11.0. The van der Waals surface area contributed by atoms with Gasteiger partial charge in [0.25, 0.3) is 0 Å². The molecule has 2 N–H and O–H groups in total. The maximum Gasteiger partial charge on any atom is 0.489 e. The predicted molar refractivity (Wildman–Crippen MR) is 400 cm³/mol. The zero-order valence-electron chi connectivity index (χ0n) is 49.5. The molecule has 18 rings (SSSR count). The highest BCUT2D eigenvalue weighted by Crippen LogP contribution is 2.43. The molecule has 18 aromatic carbocycles. The predicted octanol–water partition coefficient (Wildman–Crippen LogP) is 23.6. The summed E-state index contributed by atoms with van der Waals surface area (Å²) >= 11 is 7.51. The molecular weight excluding hydrogens is 1240 g/mol. The smallest absolute Gasteiger partial charge is 0.423 e. The number of rotatable bonds is 4. The minimum atomic E-state index is -1.52. The Kier molecular flexibility index (Phi) is 15.7. The average molecular weight is 1290 g/mol. The largest absolute Gasteiger partial charge is 0.489 e. The van der Waals surface area contributed by atoms with E-state index in [1.807, 2.05) is 48.5 Å². The summed E-state index contributed by atoms with van der Waals surface area (Å²) in [5.41, 5.74) is 7.98. The van der Waals surface area contributed by atoms with Gasteiger partial charge in [-0.05, 0) is 220 Å². The molecule has 0 spiro atoms. The Morgan fingerprint density at radius 2 is 0.407 bits per heavy atom. The lowest BCUT2D eigenvalue weighted by atomic mass is 9.72. The minimum Gasteiger partial charge on any atom is -0.423 e. The van der Waals surface area contributed by atoms with Crippen molar-refractivity contribution in [3.63, 3.8) is 0 Å². The second kappa shape index (κ2) is 25.0. The van der Waals surface area contributed by atoms with Gasteiger partial charge in [0.15, 0.2) is 0 Å². The van der Waals surface area contributed by atoms with E-state index in [9.17, 15) is 10.0 Å². The normalized spacial score (nSPS) is 11.3. The van der Waals surface area contributed by atoms with Crippen LogP contribution in [0.5, 0.6) is 0 Å². The van der Waals surface area contributed by atoms with E-state index in [-0.39, 0.29) is 0 Å². The Hall–Kier alpha value is -10.2. The van der Waals surface area contributed by atoms with E-state index in [0.717, 1.165) is 32.7 Å². The van der Waals surface area contributed by atoms with Crippen LogP contribution in [0.1, 0.15) is 0 Å². The molecule has 0 heterocycles. The van der Waals surface area contributed by atoms with Crippen LogP contribution in [0.15, 0.2) is 343 Å². The van der Waals surface area contributed by atoms with Gasteiger partial charge >= 0.3 is 7.12 Å². The van der Waals surface area contributed by atoms with Crippen LogP contribution in [-0.2, 0) is 0 Å². The van der Waals surface area contributed by atoms with Gasteiger partial charge < -0.3 is 10.0 Å². The molecule has 2 nitrogen and oxygen atoms in total. The number of fused-ring (bicyclic) bond motifs is 11. The monoisotopic (exact) mass is 1290 g/mol. The second-order valence-electron chi connectivity index (χ2n) is 23.0. The summed E-state index contributed by atoms with van der Waals surface area (Å²) in [4.78, 5) is 0. The fourth-order valence-electron chi connectivity index (χ4n) is 13.5. The molecule has 18 aromatic rings. The van der Waals surface area contributed by atoms with Gasteiger partial charge in [0, 0.05) is 8.95 Å². The van der Waals surface area contributed by atoms with Crippen LogP contribution in [0, 0.1) is 0 Å². The molecule has 91 heavy (non-hydrogen) atoms. The summed E-state index contributed by atoms with van der Waals surface area (Å²) in [6.45, 7) is 0. The van der Waals surface area contributed by atoms with Crippen LogP contribution in [-0.4, -0.2) is 17.2 Å². The lowest BCUT2D eigenvalue weighted by Crippen LogP contribution is -2.31. The van der Waals surface area contributed by atoms with Gasteiger partial charge in [-0.3, -0.25) is 0 Å². The van der Waals surface area contributed by atoms with Crippen molar-refractivity contribution < 1.29 is 10.0 Å². The van der Waals surface area contributed by atoms with Crippen molar-refractivity contribution in [2.75, 3.05) is 0 Å². The summed E-state index contributed by atoms with van der Waals surface area (Å²) in [6, 6.07) is 117. The van der Waals surface area contributed by atoms with Gasteiger partial charge in [0.2, 0.25) is 0 Å². The molecule has 0 aliphatic heterocycles. The Labute approximate surface area is 545 Å². The van der Waals surface area contributed by atoms with Gasteiger partial charge in [-0.15, -0.1) is 0 Å². The highest BCUT2D eigenvalue weighted by Gasteiger charge is 2.23. The molecule has 0 aliphatic rings. The molecule has 0 aliphatic carbocycles. The molecule has 0 bridgehead atoms. The zero-order valence-corrected chi connectivity index (χ0v) is 52.7. The van der Waals surface area contributed by atoms with Gasteiger partial charge in [-0.1, -0.05) is 303 Å². The van der Waals surface area contributed by atoms with Crippen LogP contribution < -0.4 is 5.46 Å². The molecule has 0 saturated carbocycles. The number of halogens is 2. The van der Waals surface area contributed by atoms with Crippen molar-refractivity contribution in [3.8, 4) is 33.4 Å². The van der Waals surface area contributed by atoms with Crippen molar-refractivity contribution in [1.82, 2.24) is 0 Å². The van der Waals surface area contributed by atoms with Crippen molar-refractivity contribution in [2.45, 2.75) is 0 Å². The van der Waals surface area contributed by atoms with Crippen molar-refractivity contribution in [3.05, 3.63) is 343 Å². The van der Waals surface area contributed by atoms with Gasteiger partial charge in [0.05, 0.1) is 0 Å². The van der Waals surface area contributed by atoms with E-state index in [0.29, 0.717) is 5.46 Å². The first-order valence-electron chi connectivity index (χ1n) is 30.7. The maximum absolute atomic E-state index is 10.1. The Balaban J connectivity index is 0.000000103. The lowest BCUT2D eigenvalue weighted by Gasteiger charge is -2.17. The fourth-order valence-corrected chi connectivity index (χ4v) is 14.9. The van der Waals surface area contributed by atoms with Crippen molar-refractivity contribution in [2.24, 2.45) is 0 Å². The molecular formula is C86H57BBr2O2. The van der Waals surface area contributed by atoms with E-state index < -0.39 is 7.12 Å². The van der Waals surface area contributed by atoms with Crippen molar-refractivity contribution in [1.29, 1.82) is 0 Å². The first-order valence-corrected chi connectivity index (χ1v) is 32.2. The van der Waals surface area contributed by atoms with E-state index in [2.05, 4.69) is 317 Å². The zero-order chi connectivity index (χ0) is 61.4. The summed E-state index contributed by atoms with van der Waals surface area (Å²) < 4.78 is 2.36. The van der Waals surface area contributed by atoms with Gasteiger partial charge in [-0.2, -0.15) is 0 Å².